The van der Waals surface area contributed by atoms with Crippen molar-refractivity contribution in [3.05, 3.63) is 12.2 Å². The van der Waals surface area contributed by atoms with E-state index in [0.29, 0.717) is 23.2 Å². The second-order valence-corrected chi connectivity index (χ2v) is 8.02. The molecule has 2 fully saturated rings. The van der Waals surface area contributed by atoms with Crippen LogP contribution in [0.5, 0.6) is 0 Å². The van der Waals surface area contributed by atoms with E-state index in [0.717, 1.165) is 11.8 Å². The molecule has 0 spiro atoms. The Kier molecular flexibility index (Phi) is 3.92. The van der Waals surface area contributed by atoms with Gasteiger partial charge in [-0.1, -0.05) is 32.4 Å². The van der Waals surface area contributed by atoms with E-state index in [1.807, 2.05) is 0 Å². The molecule has 3 aliphatic rings. The van der Waals surface area contributed by atoms with Crippen LogP contribution in [0.4, 0.5) is 0 Å². The molecule has 5 unspecified atom stereocenters. The molecule has 3 aliphatic carbocycles. The highest BCUT2D eigenvalue weighted by Gasteiger charge is 2.58. The maximum atomic E-state index is 11.9. The van der Waals surface area contributed by atoms with Gasteiger partial charge in [0.25, 0.3) is 0 Å². The van der Waals surface area contributed by atoms with Crippen LogP contribution in [0, 0.1) is 28.6 Å². The van der Waals surface area contributed by atoms with E-state index in [2.05, 4.69) is 26.0 Å². The molecule has 2 nitrogen and oxygen atoms in total. The number of carbonyl (C=O) groups is 1. The van der Waals surface area contributed by atoms with Gasteiger partial charge >= 0.3 is 5.97 Å². The summed E-state index contributed by atoms with van der Waals surface area (Å²) in [5.74, 6) is 2.10. The molecule has 0 N–H and O–H groups in total. The number of carbonyl (C=O) groups excluding carboxylic acids is 1. The largest absolute Gasteiger partial charge is 0.469 e. The van der Waals surface area contributed by atoms with Crippen LogP contribution in [0.25, 0.3) is 0 Å². The first-order chi connectivity index (χ1) is 10.0. The molecule has 2 heteroatoms. The highest BCUT2D eigenvalue weighted by molar-refractivity contribution is 5.69. The second-order valence-electron chi connectivity index (χ2n) is 8.02. The van der Waals surface area contributed by atoms with Gasteiger partial charge in [0.1, 0.15) is 0 Å². The number of hydrogen-bond donors (Lipinski definition) is 0. The molecule has 0 aliphatic heterocycles. The first kappa shape index (κ1) is 15.1. The minimum absolute atomic E-state index is 0.0175. The average molecular weight is 290 g/mol. The summed E-state index contributed by atoms with van der Waals surface area (Å²) in [7, 11) is 1.52. The van der Waals surface area contributed by atoms with Gasteiger partial charge in [-0.25, -0.2) is 0 Å². The molecule has 0 bridgehead atoms. The van der Waals surface area contributed by atoms with Gasteiger partial charge in [-0.15, -0.1) is 0 Å². The van der Waals surface area contributed by atoms with E-state index in [9.17, 15) is 4.79 Å². The number of hydrogen-bond acceptors (Lipinski definition) is 2. The Hall–Kier alpha value is -0.790. The Morgan fingerprint density at radius 1 is 1.19 bits per heavy atom. The van der Waals surface area contributed by atoms with Gasteiger partial charge < -0.3 is 4.74 Å². The van der Waals surface area contributed by atoms with Crippen LogP contribution in [0.3, 0.4) is 0 Å². The fraction of sp³-hybridized carbons (Fsp3) is 0.842. The third-order valence-electron chi connectivity index (χ3n) is 7.45. The molecule has 0 radical (unpaired) electrons. The van der Waals surface area contributed by atoms with Crippen molar-refractivity contribution >= 4 is 5.97 Å². The van der Waals surface area contributed by atoms with Crippen molar-refractivity contribution < 1.29 is 9.53 Å². The molecule has 5 atom stereocenters. The quantitative estimate of drug-likeness (QED) is 0.542. The summed E-state index contributed by atoms with van der Waals surface area (Å²) < 4.78 is 4.97. The van der Waals surface area contributed by atoms with Gasteiger partial charge in [0.05, 0.1) is 7.11 Å². The standard InChI is InChI=1S/C19H30O2/c1-18-12-10-14-7-4-5-9-16(14)19(18,2)11-6-8-15(18)13-17(20)21-3/h4,7,14-16H,5-6,8-13H2,1-3H3. The normalized spacial score (nSPS) is 45.6. The predicted molar refractivity (Wildman–Crippen MR) is 84.8 cm³/mol. The number of allylic oxidation sites excluding steroid dienone is 2. The lowest BCUT2D eigenvalue weighted by Crippen LogP contribution is -2.56. The average Bonchev–Trinajstić information content (AvgIpc) is 2.49. The Bertz CT molecular complexity index is 441. The molecule has 21 heavy (non-hydrogen) atoms. The van der Waals surface area contributed by atoms with E-state index >= 15 is 0 Å². The number of fused-ring (bicyclic) bond motifs is 3. The van der Waals surface area contributed by atoms with Crippen LogP contribution in [0.2, 0.25) is 0 Å². The lowest BCUT2D eigenvalue weighted by Gasteiger charge is -2.63. The van der Waals surface area contributed by atoms with E-state index in [1.165, 1.54) is 52.1 Å². The molecule has 2 saturated carbocycles. The molecule has 118 valence electrons. The van der Waals surface area contributed by atoms with Crippen molar-refractivity contribution in [3.8, 4) is 0 Å². The minimum atomic E-state index is -0.0175. The molecular weight excluding hydrogens is 260 g/mol. The third-order valence-corrected chi connectivity index (χ3v) is 7.45. The van der Waals surface area contributed by atoms with Gasteiger partial charge in [-0.2, -0.15) is 0 Å². The van der Waals surface area contributed by atoms with Crippen molar-refractivity contribution in [2.24, 2.45) is 28.6 Å². The maximum absolute atomic E-state index is 11.9. The Balaban J connectivity index is 1.90. The molecule has 3 rings (SSSR count). The topological polar surface area (TPSA) is 26.3 Å². The Labute approximate surface area is 129 Å². The molecular formula is C19H30O2. The first-order valence-corrected chi connectivity index (χ1v) is 8.75. The van der Waals surface area contributed by atoms with Crippen LogP contribution >= 0.6 is 0 Å². The van der Waals surface area contributed by atoms with E-state index < -0.39 is 0 Å². The van der Waals surface area contributed by atoms with Crippen LogP contribution in [-0.2, 0) is 9.53 Å². The van der Waals surface area contributed by atoms with E-state index in [-0.39, 0.29) is 5.97 Å². The van der Waals surface area contributed by atoms with Gasteiger partial charge in [0.15, 0.2) is 0 Å². The van der Waals surface area contributed by atoms with Crippen molar-refractivity contribution in [2.75, 3.05) is 7.11 Å². The van der Waals surface area contributed by atoms with Gasteiger partial charge in [0.2, 0.25) is 0 Å². The zero-order valence-electron chi connectivity index (χ0n) is 13.9. The van der Waals surface area contributed by atoms with Crippen LogP contribution < -0.4 is 0 Å². The molecule has 0 heterocycles. The summed E-state index contributed by atoms with van der Waals surface area (Å²) in [4.78, 5) is 11.9. The van der Waals surface area contributed by atoms with Crippen molar-refractivity contribution in [3.63, 3.8) is 0 Å². The molecule has 0 amide bonds. The van der Waals surface area contributed by atoms with Crippen LogP contribution in [-0.4, -0.2) is 13.1 Å². The Morgan fingerprint density at radius 2 is 2.00 bits per heavy atom. The highest BCUT2D eigenvalue weighted by Crippen LogP contribution is 2.66. The second kappa shape index (κ2) is 5.44. The van der Waals surface area contributed by atoms with Crippen LogP contribution in [0.1, 0.15) is 65.2 Å². The summed E-state index contributed by atoms with van der Waals surface area (Å²) >= 11 is 0. The third kappa shape index (κ3) is 2.26. The SMILES string of the molecule is COC(=O)CC1CCCC2(C)C3CCC=CC3CCC12C. The first-order valence-electron chi connectivity index (χ1n) is 8.75. The monoisotopic (exact) mass is 290 g/mol. The number of esters is 1. The number of rotatable bonds is 2. The Morgan fingerprint density at radius 3 is 2.76 bits per heavy atom. The fourth-order valence-corrected chi connectivity index (χ4v) is 5.95. The fourth-order valence-electron chi connectivity index (χ4n) is 5.95. The van der Waals surface area contributed by atoms with Crippen molar-refractivity contribution in [2.45, 2.75) is 65.2 Å². The zero-order chi connectivity index (χ0) is 15.1. The molecule has 0 aromatic heterocycles. The summed E-state index contributed by atoms with van der Waals surface area (Å²) in [6.45, 7) is 5.01. The van der Waals surface area contributed by atoms with E-state index in [1.54, 1.807) is 0 Å². The van der Waals surface area contributed by atoms with E-state index in [4.69, 9.17) is 4.74 Å². The molecule has 0 saturated heterocycles. The van der Waals surface area contributed by atoms with Gasteiger partial charge in [-0.3, -0.25) is 4.79 Å². The summed E-state index contributed by atoms with van der Waals surface area (Å²) in [6, 6.07) is 0. The van der Waals surface area contributed by atoms with Crippen molar-refractivity contribution in [1.29, 1.82) is 0 Å². The molecule has 0 aromatic rings. The lowest BCUT2D eigenvalue weighted by molar-refractivity contribution is -0.156. The minimum Gasteiger partial charge on any atom is -0.469 e. The predicted octanol–water partition coefficient (Wildman–Crippen LogP) is 4.74. The van der Waals surface area contributed by atoms with Gasteiger partial charge in [-0.05, 0) is 67.1 Å². The molecule has 0 aromatic carbocycles. The number of methoxy groups -OCH3 is 1. The highest BCUT2D eigenvalue weighted by atomic mass is 16.5. The van der Waals surface area contributed by atoms with Gasteiger partial charge in [0, 0.05) is 6.42 Å². The summed E-state index contributed by atoms with van der Waals surface area (Å²) in [6.07, 6.45) is 14.5. The zero-order valence-corrected chi connectivity index (χ0v) is 13.9. The van der Waals surface area contributed by atoms with Crippen LogP contribution in [0.15, 0.2) is 12.2 Å². The summed E-state index contributed by atoms with van der Waals surface area (Å²) in [5, 5.41) is 0. The smallest absolute Gasteiger partial charge is 0.305 e. The lowest BCUT2D eigenvalue weighted by atomic mass is 9.41. The van der Waals surface area contributed by atoms with Crippen molar-refractivity contribution in [1.82, 2.24) is 0 Å². The number of ether oxygens (including phenoxy) is 1. The summed E-state index contributed by atoms with van der Waals surface area (Å²) in [5.41, 5.74) is 0.712. The maximum Gasteiger partial charge on any atom is 0.305 e.